The van der Waals surface area contributed by atoms with Gasteiger partial charge in [0.15, 0.2) is 0 Å². The maximum absolute atomic E-state index is 13.1. The molecule has 4 heteroatoms. The summed E-state index contributed by atoms with van der Waals surface area (Å²) in [5.41, 5.74) is 7.07. The monoisotopic (exact) mass is 472 g/mol. The van der Waals surface area contributed by atoms with Crippen molar-refractivity contribution in [2.75, 3.05) is 14.2 Å². The lowest BCUT2D eigenvalue weighted by atomic mass is 9.63. The van der Waals surface area contributed by atoms with E-state index < -0.39 is 23.8 Å². The molecule has 3 aliphatic rings. The average molecular weight is 473 g/mol. The SMILES string of the molecule is COC(=O)C1=C(C(=O)OC)C2C=CC1c1c2c(-c2ccccc2)c2ccccc2c1-c1ccccc1. The Kier molecular flexibility index (Phi) is 5.30. The van der Waals surface area contributed by atoms with E-state index in [-0.39, 0.29) is 0 Å². The van der Waals surface area contributed by atoms with Crippen LogP contribution in [0.4, 0.5) is 0 Å². The number of ether oxygens (including phenoxy) is 2. The van der Waals surface area contributed by atoms with E-state index in [9.17, 15) is 9.59 Å². The van der Waals surface area contributed by atoms with Crippen molar-refractivity contribution >= 4 is 22.7 Å². The normalized spacial score (nSPS) is 17.7. The number of hydrogen-bond donors (Lipinski definition) is 0. The van der Waals surface area contributed by atoms with Crippen molar-refractivity contribution in [2.45, 2.75) is 11.8 Å². The van der Waals surface area contributed by atoms with Crippen LogP contribution in [0.5, 0.6) is 0 Å². The summed E-state index contributed by atoms with van der Waals surface area (Å²) in [4.78, 5) is 26.3. The Morgan fingerprint density at radius 2 is 0.917 bits per heavy atom. The first-order valence-electron chi connectivity index (χ1n) is 11.9. The summed E-state index contributed by atoms with van der Waals surface area (Å²) in [6, 6.07) is 28.8. The first-order chi connectivity index (χ1) is 17.7. The van der Waals surface area contributed by atoms with Gasteiger partial charge in [-0.3, -0.25) is 0 Å². The van der Waals surface area contributed by atoms with Crippen molar-refractivity contribution in [3.8, 4) is 22.3 Å². The lowest BCUT2D eigenvalue weighted by Gasteiger charge is -2.39. The van der Waals surface area contributed by atoms with Gasteiger partial charge < -0.3 is 9.47 Å². The van der Waals surface area contributed by atoms with Crippen LogP contribution in [0, 0.1) is 0 Å². The Labute approximate surface area is 209 Å². The molecule has 0 aliphatic heterocycles. The summed E-state index contributed by atoms with van der Waals surface area (Å²) in [5, 5.41) is 2.21. The Morgan fingerprint density at radius 3 is 1.28 bits per heavy atom. The van der Waals surface area contributed by atoms with Gasteiger partial charge >= 0.3 is 11.9 Å². The quantitative estimate of drug-likeness (QED) is 0.249. The number of carbonyl (C=O) groups excluding carboxylic acids is 2. The zero-order valence-electron chi connectivity index (χ0n) is 20.0. The first-order valence-corrected chi connectivity index (χ1v) is 11.9. The third kappa shape index (κ3) is 3.14. The van der Waals surface area contributed by atoms with E-state index in [1.54, 1.807) is 0 Å². The summed E-state index contributed by atoms with van der Waals surface area (Å²) in [6.07, 6.45) is 4.06. The van der Waals surface area contributed by atoms with Gasteiger partial charge in [0, 0.05) is 11.8 Å². The van der Waals surface area contributed by atoms with Gasteiger partial charge in [0.1, 0.15) is 0 Å². The second-order valence-corrected chi connectivity index (χ2v) is 9.01. The fraction of sp³-hybridized carbons (Fsp3) is 0.125. The maximum Gasteiger partial charge on any atom is 0.335 e. The minimum atomic E-state index is -0.506. The molecule has 4 aromatic carbocycles. The topological polar surface area (TPSA) is 52.6 Å². The number of fused-ring (bicyclic) bond motifs is 1. The minimum absolute atomic E-state index is 0.357. The Hall–Kier alpha value is -4.44. The van der Waals surface area contributed by atoms with E-state index in [1.807, 2.05) is 60.7 Å². The molecule has 4 aromatic rings. The highest BCUT2D eigenvalue weighted by Crippen LogP contribution is 2.57. The van der Waals surface area contributed by atoms with Crippen LogP contribution in [0.2, 0.25) is 0 Å². The number of carbonyl (C=O) groups is 2. The molecular formula is C32H24O4. The van der Waals surface area contributed by atoms with Crippen LogP contribution >= 0.6 is 0 Å². The zero-order valence-corrected chi connectivity index (χ0v) is 20.0. The summed E-state index contributed by atoms with van der Waals surface area (Å²) in [5.74, 6) is -1.88. The number of hydrogen-bond acceptors (Lipinski definition) is 4. The largest absolute Gasteiger partial charge is 0.466 e. The molecule has 4 nitrogen and oxygen atoms in total. The number of allylic oxidation sites excluding steroid dienone is 2. The molecule has 0 amide bonds. The molecule has 36 heavy (non-hydrogen) atoms. The van der Waals surface area contributed by atoms with Gasteiger partial charge in [-0.05, 0) is 44.2 Å². The van der Waals surface area contributed by atoms with Crippen LogP contribution < -0.4 is 0 Å². The van der Waals surface area contributed by atoms with Crippen LogP contribution in [0.3, 0.4) is 0 Å². The highest BCUT2D eigenvalue weighted by atomic mass is 16.5. The number of benzene rings is 4. The molecule has 0 fully saturated rings. The number of esters is 2. The van der Waals surface area contributed by atoms with Gasteiger partial charge in [-0.2, -0.15) is 0 Å². The van der Waals surface area contributed by atoms with E-state index in [2.05, 4.69) is 36.4 Å². The second kappa shape index (κ2) is 8.65. The molecule has 2 unspecified atom stereocenters. The second-order valence-electron chi connectivity index (χ2n) is 9.01. The summed E-state index contributed by atoms with van der Waals surface area (Å²) >= 11 is 0. The van der Waals surface area contributed by atoms with E-state index in [0.29, 0.717) is 11.1 Å². The number of methoxy groups -OCH3 is 2. The van der Waals surface area contributed by atoms with Crippen LogP contribution in [0.25, 0.3) is 33.0 Å². The van der Waals surface area contributed by atoms with Crippen LogP contribution in [0.1, 0.15) is 23.0 Å². The third-order valence-electron chi connectivity index (χ3n) is 7.26. The predicted molar refractivity (Wildman–Crippen MR) is 140 cm³/mol. The van der Waals surface area contributed by atoms with Gasteiger partial charge in [0.05, 0.1) is 25.4 Å². The Morgan fingerprint density at radius 1 is 0.556 bits per heavy atom. The molecule has 0 aromatic heterocycles. The molecule has 7 rings (SSSR count). The Bertz CT molecular complexity index is 1460. The minimum Gasteiger partial charge on any atom is -0.466 e. The molecule has 176 valence electrons. The van der Waals surface area contributed by atoms with Crippen molar-refractivity contribution < 1.29 is 19.1 Å². The van der Waals surface area contributed by atoms with Gasteiger partial charge in [-0.1, -0.05) is 97.1 Å². The summed E-state index contributed by atoms with van der Waals surface area (Å²) < 4.78 is 10.4. The standard InChI is InChI=1S/C32H24O4/c1-35-31(33)29-23-17-18-24(30(29)32(34)36-2)28-26(20-13-7-4-8-14-20)22-16-10-9-15-21(22)25(27(23)28)19-11-5-3-6-12-19/h3-18,23-24H,1-2H3. The summed E-state index contributed by atoms with van der Waals surface area (Å²) in [7, 11) is 2.70. The van der Waals surface area contributed by atoms with E-state index in [4.69, 9.17) is 9.47 Å². The van der Waals surface area contributed by atoms with Crippen LogP contribution in [-0.4, -0.2) is 26.2 Å². The molecule has 3 aliphatic carbocycles. The fourth-order valence-electron chi connectivity index (χ4n) is 5.88. The lowest BCUT2D eigenvalue weighted by Crippen LogP contribution is -2.31. The lowest BCUT2D eigenvalue weighted by molar-refractivity contribution is -0.139. The van der Waals surface area contributed by atoms with Crippen molar-refractivity contribution in [1.82, 2.24) is 0 Å². The smallest absolute Gasteiger partial charge is 0.335 e. The van der Waals surface area contributed by atoms with E-state index >= 15 is 0 Å². The molecule has 0 saturated heterocycles. The molecule has 2 atom stereocenters. The van der Waals surface area contributed by atoms with E-state index in [1.165, 1.54) is 14.2 Å². The molecular weight excluding hydrogens is 448 g/mol. The molecule has 0 radical (unpaired) electrons. The molecule has 0 saturated carbocycles. The van der Waals surface area contributed by atoms with Gasteiger partial charge in [0.2, 0.25) is 0 Å². The molecule has 2 bridgehead atoms. The maximum atomic E-state index is 13.1. The van der Waals surface area contributed by atoms with Gasteiger partial charge in [-0.25, -0.2) is 9.59 Å². The zero-order chi connectivity index (χ0) is 24.8. The van der Waals surface area contributed by atoms with Crippen molar-refractivity contribution in [3.05, 3.63) is 119 Å². The van der Waals surface area contributed by atoms with E-state index in [0.717, 1.165) is 44.2 Å². The highest BCUT2D eigenvalue weighted by Gasteiger charge is 2.45. The van der Waals surface area contributed by atoms with Crippen molar-refractivity contribution in [2.24, 2.45) is 0 Å². The summed E-state index contributed by atoms with van der Waals surface area (Å²) in [6.45, 7) is 0. The first kappa shape index (κ1) is 22.1. The molecule has 0 spiro atoms. The molecule has 0 N–H and O–H groups in total. The fourth-order valence-corrected chi connectivity index (χ4v) is 5.88. The highest BCUT2D eigenvalue weighted by molar-refractivity contribution is 6.13. The van der Waals surface area contributed by atoms with Gasteiger partial charge in [0.25, 0.3) is 0 Å². The number of rotatable bonds is 4. The third-order valence-corrected chi connectivity index (χ3v) is 7.26. The molecule has 0 heterocycles. The van der Waals surface area contributed by atoms with Crippen LogP contribution in [-0.2, 0) is 19.1 Å². The van der Waals surface area contributed by atoms with Crippen LogP contribution in [0.15, 0.2) is 108 Å². The van der Waals surface area contributed by atoms with Gasteiger partial charge in [-0.15, -0.1) is 0 Å². The predicted octanol–water partition coefficient (Wildman–Crippen LogP) is 6.57. The van der Waals surface area contributed by atoms with Crippen molar-refractivity contribution in [1.29, 1.82) is 0 Å². The Balaban J connectivity index is 1.81. The average Bonchev–Trinajstić information content (AvgIpc) is 2.95. The van der Waals surface area contributed by atoms with Crippen molar-refractivity contribution in [3.63, 3.8) is 0 Å².